The number of rotatable bonds is 7. The van der Waals surface area contributed by atoms with Crippen molar-refractivity contribution in [3.8, 4) is 0 Å². The van der Waals surface area contributed by atoms with Crippen molar-refractivity contribution in [3.05, 3.63) is 60.2 Å². The number of nitrogens with zero attached hydrogens (tertiary/aromatic N) is 1. The van der Waals surface area contributed by atoms with Gasteiger partial charge in [0.1, 0.15) is 0 Å². The molecule has 0 heterocycles. The van der Waals surface area contributed by atoms with Crippen LogP contribution >= 0.6 is 0 Å². The van der Waals surface area contributed by atoms with E-state index in [-0.39, 0.29) is 24.1 Å². The zero-order valence-electron chi connectivity index (χ0n) is 15.2. The van der Waals surface area contributed by atoms with Gasteiger partial charge in [-0.25, -0.2) is 4.79 Å². The monoisotopic (exact) mass is 373 g/mol. The van der Waals surface area contributed by atoms with Gasteiger partial charge in [0.05, 0.1) is 21.3 Å². The third-order valence-electron chi connectivity index (χ3n) is 3.76. The largest absolute Gasteiger partial charge is 0.452 e. The molecule has 0 saturated carbocycles. The Morgan fingerprint density at radius 3 is 2.27 bits per heavy atom. The van der Waals surface area contributed by atoms with Crippen LogP contribution in [0, 0.1) is 0 Å². The lowest BCUT2D eigenvalue weighted by atomic mass is 10.2. The smallest absolute Gasteiger partial charge is 0.339 e. The number of hydrogen-bond donors (Lipinski definition) is 0. The second-order valence-corrected chi connectivity index (χ2v) is 7.61. The number of carbonyl (C=O) groups excluding carboxylic acids is 2. The molecule has 0 spiro atoms. The van der Waals surface area contributed by atoms with Gasteiger partial charge in [0.2, 0.25) is 0 Å². The van der Waals surface area contributed by atoms with Gasteiger partial charge in [0.25, 0.3) is 5.91 Å². The maximum atomic E-state index is 12.6. The van der Waals surface area contributed by atoms with Crippen molar-refractivity contribution in [2.75, 3.05) is 17.3 Å². The predicted molar refractivity (Wildman–Crippen MR) is 103 cm³/mol. The van der Waals surface area contributed by atoms with Gasteiger partial charge < -0.3 is 9.64 Å². The van der Waals surface area contributed by atoms with Gasteiger partial charge in [0, 0.05) is 17.5 Å². The van der Waals surface area contributed by atoms with Crippen LogP contribution < -0.4 is 4.90 Å². The molecule has 26 heavy (non-hydrogen) atoms. The normalized spacial score (nSPS) is 11.8. The molecule has 0 saturated heterocycles. The number of amides is 1. The molecule has 2 rings (SSSR count). The highest BCUT2D eigenvalue weighted by Gasteiger charge is 2.22. The van der Waals surface area contributed by atoms with E-state index in [1.165, 1.54) is 0 Å². The first-order valence-electron chi connectivity index (χ1n) is 8.47. The minimum Gasteiger partial charge on any atom is -0.452 e. The Labute approximate surface area is 156 Å². The quantitative estimate of drug-likeness (QED) is 0.698. The Morgan fingerprint density at radius 1 is 1.04 bits per heavy atom. The molecule has 1 atom stereocenters. The SMILES string of the molecule is CC[S@](=O)c1ccccc1C(=O)OCC(=O)N(c1ccccc1)C(C)C. The molecule has 0 unspecified atom stereocenters. The van der Waals surface area contributed by atoms with Crippen molar-refractivity contribution in [2.24, 2.45) is 0 Å². The van der Waals surface area contributed by atoms with Crippen LogP contribution in [-0.2, 0) is 20.3 Å². The van der Waals surface area contributed by atoms with Crippen LogP contribution in [0.25, 0.3) is 0 Å². The average Bonchev–Trinajstić information content (AvgIpc) is 2.66. The van der Waals surface area contributed by atoms with Gasteiger partial charge >= 0.3 is 5.97 Å². The highest BCUT2D eigenvalue weighted by Crippen LogP contribution is 2.18. The molecule has 2 aromatic carbocycles. The summed E-state index contributed by atoms with van der Waals surface area (Å²) < 4.78 is 17.3. The van der Waals surface area contributed by atoms with E-state index in [9.17, 15) is 13.8 Å². The van der Waals surface area contributed by atoms with Crippen LogP contribution in [0.5, 0.6) is 0 Å². The molecule has 0 aliphatic rings. The summed E-state index contributed by atoms with van der Waals surface area (Å²) in [5, 5.41) is 0. The first-order chi connectivity index (χ1) is 12.5. The van der Waals surface area contributed by atoms with Gasteiger partial charge in [-0.1, -0.05) is 37.3 Å². The van der Waals surface area contributed by atoms with Crippen molar-refractivity contribution < 1.29 is 18.5 Å². The Kier molecular flexibility index (Phi) is 7.09. The van der Waals surface area contributed by atoms with Crippen molar-refractivity contribution in [2.45, 2.75) is 31.7 Å². The van der Waals surface area contributed by atoms with E-state index < -0.39 is 16.8 Å². The third-order valence-corrected chi connectivity index (χ3v) is 5.13. The Balaban J connectivity index is 2.11. The second kappa shape index (κ2) is 9.29. The fourth-order valence-electron chi connectivity index (χ4n) is 2.58. The highest BCUT2D eigenvalue weighted by molar-refractivity contribution is 7.85. The van der Waals surface area contributed by atoms with Gasteiger partial charge in [0.15, 0.2) is 6.61 Å². The predicted octanol–water partition coefficient (Wildman–Crippen LogP) is 3.41. The van der Waals surface area contributed by atoms with E-state index in [2.05, 4.69) is 0 Å². The van der Waals surface area contributed by atoms with Gasteiger partial charge in [-0.05, 0) is 38.1 Å². The molecule has 2 aromatic rings. The lowest BCUT2D eigenvalue weighted by Crippen LogP contribution is -2.39. The van der Waals surface area contributed by atoms with Crippen LogP contribution in [0.4, 0.5) is 5.69 Å². The molecule has 0 bridgehead atoms. The number of para-hydroxylation sites is 1. The summed E-state index contributed by atoms with van der Waals surface area (Å²) in [4.78, 5) is 27.0. The van der Waals surface area contributed by atoms with Crippen LogP contribution in [0.3, 0.4) is 0 Å². The van der Waals surface area contributed by atoms with Crippen molar-refractivity contribution in [1.82, 2.24) is 0 Å². The standard InChI is InChI=1S/C20H23NO4S/c1-4-26(24)18-13-9-8-12-17(18)20(23)25-14-19(22)21(15(2)3)16-10-6-5-7-11-16/h5-13,15H,4,14H2,1-3H3/t26-/m0/s1. The zero-order valence-corrected chi connectivity index (χ0v) is 16.0. The number of benzene rings is 2. The molecule has 5 nitrogen and oxygen atoms in total. The van der Waals surface area contributed by atoms with Crippen molar-refractivity contribution in [3.63, 3.8) is 0 Å². The summed E-state index contributed by atoms with van der Waals surface area (Å²) >= 11 is 0. The van der Waals surface area contributed by atoms with E-state index in [1.54, 1.807) is 36.1 Å². The number of ether oxygens (including phenoxy) is 1. The van der Waals surface area contributed by atoms with E-state index >= 15 is 0 Å². The van der Waals surface area contributed by atoms with Gasteiger partial charge in [-0.15, -0.1) is 0 Å². The van der Waals surface area contributed by atoms with Gasteiger partial charge in [-0.3, -0.25) is 9.00 Å². The van der Waals surface area contributed by atoms with Gasteiger partial charge in [-0.2, -0.15) is 0 Å². The summed E-state index contributed by atoms with van der Waals surface area (Å²) in [6.45, 7) is 5.19. The molecule has 0 aromatic heterocycles. The van der Waals surface area contributed by atoms with Crippen molar-refractivity contribution >= 4 is 28.4 Å². The van der Waals surface area contributed by atoms with Crippen LogP contribution in [0.15, 0.2) is 59.5 Å². The molecular formula is C20H23NO4S. The third kappa shape index (κ3) is 4.79. The molecular weight excluding hydrogens is 350 g/mol. The average molecular weight is 373 g/mol. The van der Waals surface area contributed by atoms with E-state index in [1.807, 2.05) is 44.2 Å². The fraction of sp³-hybridized carbons (Fsp3) is 0.300. The summed E-state index contributed by atoms with van der Waals surface area (Å²) in [6.07, 6.45) is 0. The minimum atomic E-state index is -1.28. The molecule has 0 radical (unpaired) electrons. The lowest BCUT2D eigenvalue weighted by molar-refractivity contribution is -0.122. The first-order valence-corrected chi connectivity index (χ1v) is 9.79. The fourth-order valence-corrected chi connectivity index (χ4v) is 3.52. The van der Waals surface area contributed by atoms with Crippen LogP contribution in [0.1, 0.15) is 31.1 Å². The zero-order chi connectivity index (χ0) is 19.1. The number of anilines is 1. The topological polar surface area (TPSA) is 63.7 Å². The molecule has 0 aliphatic heterocycles. The maximum absolute atomic E-state index is 12.6. The number of hydrogen-bond acceptors (Lipinski definition) is 4. The highest BCUT2D eigenvalue weighted by atomic mass is 32.2. The molecule has 1 amide bonds. The van der Waals surface area contributed by atoms with Crippen LogP contribution in [-0.4, -0.2) is 34.5 Å². The minimum absolute atomic E-state index is 0.0801. The van der Waals surface area contributed by atoms with Crippen molar-refractivity contribution in [1.29, 1.82) is 0 Å². The number of carbonyl (C=O) groups is 2. The summed E-state index contributed by atoms with van der Waals surface area (Å²) in [5.41, 5.74) is 0.979. The molecule has 0 aliphatic carbocycles. The second-order valence-electron chi connectivity index (χ2n) is 5.90. The Hall–Kier alpha value is -2.47. The first kappa shape index (κ1) is 19.8. The number of esters is 1. The lowest BCUT2D eigenvalue weighted by Gasteiger charge is -2.26. The van der Waals surface area contributed by atoms with E-state index in [4.69, 9.17) is 4.74 Å². The molecule has 0 fully saturated rings. The Morgan fingerprint density at radius 2 is 1.65 bits per heavy atom. The Bertz CT molecular complexity index is 789. The molecule has 138 valence electrons. The summed E-state index contributed by atoms with van der Waals surface area (Å²) in [7, 11) is -1.28. The van der Waals surface area contributed by atoms with E-state index in [0.717, 1.165) is 5.69 Å². The summed E-state index contributed by atoms with van der Waals surface area (Å²) in [6, 6.07) is 15.8. The maximum Gasteiger partial charge on any atom is 0.339 e. The molecule has 6 heteroatoms. The molecule has 0 N–H and O–H groups in total. The summed E-state index contributed by atoms with van der Waals surface area (Å²) in [5.74, 6) is -0.556. The van der Waals surface area contributed by atoms with E-state index in [0.29, 0.717) is 10.6 Å². The van der Waals surface area contributed by atoms with Crippen LogP contribution in [0.2, 0.25) is 0 Å².